The van der Waals surface area contributed by atoms with Gasteiger partial charge in [-0.3, -0.25) is 0 Å². The Labute approximate surface area is 201 Å². The van der Waals surface area contributed by atoms with Crippen molar-refractivity contribution < 1.29 is 5.11 Å². The number of allylic oxidation sites excluding steroid dienone is 1. The summed E-state index contributed by atoms with van der Waals surface area (Å²) in [5, 5.41) is 10.8. The first-order chi connectivity index (χ1) is 14.9. The van der Waals surface area contributed by atoms with E-state index in [1.807, 2.05) is 0 Å². The Balaban J connectivity index is 1.57. The summed E-state index contributed by atoms with van der Waals surface area (Å²) >= 11 is 0. The van der Waals surface area contributed by atoms with Crippen LogP contribution in [0, 0.1) is 46.3 Å². The van der Waals surface area contributed by atoms with Crippen molar-refractivity contribution in [2.75, 3.05) is 0 Å². The number of aliphatic hydroxyl groups is 1. The second kappa shape index (κ2) is 8.85. The summed E-state index contributed by atoms with van der Waals surface area (Å²) in [6.45, 7) is 20.4. The maximum Gasteiger partial charge on any atom is 0.0577 e. The molecule has 0 aromatic heterocycles. The van der Waals surface area contributed by atoms with Crippen molar-refractivity contribution in [1.29, 1.82) is 0 Å². The van der Waals surface area contributed by atoms with Gasteiger partial charge in [0, 0.05) is 8.07 Å². The third-order valence-electron chi connectivity index (χ3n) is 11.5. The van der Waals surface area contributed by atoms with Gasteiger partial charge < -0.3 is 5.11 Å². The lowest BCUT2D eigenvalue weighted by Crippen LogP contribution is -2.56. The number of aliphatic hydroxyl groups excluding tert-OH is 1. The molecule has 9 atom stereocenters. The van der Waals surface area contributed by atoms with Crippen molar-refractivity contribution in [2.45, 2.75) is 130 Å². The number of hydrogen-bond donors (Lipinski definition) is 1. The van der Waals surface area contributed by atoms with Crippen LogP contribution in [-0.2, 0) is 0 Å². The van der Waals surface area contributed by atoms with Crippen LogP contribution in [0.2, 0.25) is 25.2 Å². The molecule has 1 N–H and O–H groups in total. The van der Waals surface area contributed by atoms with E-state index < -0.39 is 8.07 Å². The SMILES string of the molecule is CC(C)CCC[C@@H](C)[C@H]1CC[C@H]2[C@@H]3CC=C4C[C@H](O)CC([Si](C)(C)C)[C@]4(C)[C@H]3CC[C@]12C. The lowest BCUT2D eigenvalue weighted by Gasteiger charge is -2.62. The van der Waals surface area contributed by atoms with Gasteiger partial charge in [0.25, 0.3) is 0 Å². The van der Waals surface area contributed by atoms with Crippen LogP contribution in [0.5, 0.6) is 0 Å². The fourth-order valence-electron chi connectivity index (χ4n) is 10.0. The monoisotopic (exact) mass is 458 g/mol. The molecule has 3 saturated carbocycles. The highest BCUT2D eigenvalue weighted by molar-refractivity contribution is 6.77. The summed E-state index contributed by atoms with van der Waals surface area (Å²) in [5.41, 5.74) is 3.32. The van der Waals surface area contributed by atoms with E-state index in [-0.39, 0.29) is 6.10 Å². The van der Waals surface area contributed by atoms with Crippen LogP contribution in [0.3, 0.4) is 0 Å². The molecule has 32 heavy (non-hydrogen) atoms. The highest BCUT2D eigenvalue weighted by Crippen LogP contribution is 2.70. The first-order valence-electron chi connectivity index (χ1n) is 14.3. The van der Waals surface area contributed by atoms with Crippen molar-refractivity contribution in [3.05, 3.63) is 11.6 Å². The van der Waals surface area contributed by atoms with Crippen LogP contribution in [0.25, 0.3) is 0 Å². The highest BCUT2D eigenvalue weighted by atomic mass is 28.3. The first-order valence-corrected chi connectivity index (χ1v) is 17.8. The highest BCUT2D eigenvalue weighted by Gasteiger charge is 2.62. The largest absolute Gasteiger partial charge is 0.393 e. The standard InChI is InChI=1S/C30H54OSi/c1-20(2)10-9-11-21(3)25-14-15-26-24-13-12-22-18-23(31)19-28(32(6,7)8)30(22,5)27(24)16-17-29(25,26)4/h12,20-21,23-28,31H,9-11,13-19H2,1-8H3/t21-,23+,24+,25-,26+,27+,28?,29-,30+/m1/s1. The molecule has 0 aromatic rings. The van der Waals surface area contributed by atoms with E-state index in [9.17, 15) is 5.11 Å². The molecule has 1 nitrogen and oxygen atoms in total. The molecular formula is C30H54OSi. The van der Waals surface area contributed by atoms with Gasteiger partial charge in [0.1, 0.15) is 0 Å². The molecule has 184 valence electrons. The van der Waals surface area contributed by atoms with Crippen molar-refractivity contribution in [1.82, 2.24) is 0 Å². The van der Waals surface area contributed by atoms with E-state index >= 15 is 0 Å². The predicted molar refractivity (Wildman–Crippen MR) is 142 cm³/mol. The molecule has 4 rings (SSSR count). The van der Waals surface area contributed by atoms with Gasteiger partial charge in [-0.2, -0.15) is 0 Å². The summed E-state index contributed by atoms with van der Waals surface area (Å²) in [6, 6.07) is 0. The average Bonchev–Trinajstić information content (AvgIpc) is 3.04. The molecule has 0 radical (unpaired) electrons. The van der Waals surface area contributed by atoms with E-state index in [0.29, 0.717) is 10.8 Å². The van der Waals surface area contributed by atoms with Gasteiger partial charge >= 0.3 is 0 Å². The van der Waals surface area contributed by atoms with Gasteiger partial charge in [-0.15, -0.1) is 0 Å². The quantitative estimate of drug-likeness (QED) is 0.311. The van der Waals surface area contributed by atoms with Crippen LogP contribution >= 0.6 is 0 Å². The van der Waals surface area contributed by atoms with Gasteiger partial charge in [-0.05, 0) is 96.8 Å². The fraction of sp³-hybridized carbons (Fsp3) is 0.933. The molecule has 0 aliphatic heterocycles. The van der Waals surface area contributed by atoms with Crippen molar-refractivity contribution in [3.63, 3.8) is 0 Å². The molecule has 4 aliphatic carbocycles. The lowest BCUT2D eigenvalue weighted by molar-refractivity contribution is -0.0579. The summed E-state index contributed by atoms with van der Waals surface area (Å²) in [7, 11) is -1.36. The second-order valence-electron chi connectivity index (χ2n) is 14.7. The maximum atomic E-state index is 10.8. The Morgan fingerprint density at radius 3 is 2.41 bits per heavy atom. The van der Waals surface area contributed by atoms with E-state index in [1.54, 1.807) is 5.57 Å². The van der Waals surface area contributed by atoms with Gasteiger partial charge in [0.05, 0.1) is 6.10 Å². The molecular weight excluding hydrogens is 404 g/mol. The summed E-state index contributed by atoms with van der Waals surface area (Å²) in [5.74, 6) is 5.37. The molecule has 0 aromatic carbocycles. The predicted octanol–water partition coefficient (Wildman–Crippen LogP) is 8.71. The van der Waals surface area contributed by atoms with E-state index in [1.165, 1.54) is 51.4 Å². The molecule has 0 spiro atoms. The third kappa shape index (κ3) is 4.12. The Kier molecular flexibility index (Phi) is 6.92. The zero-order chi connectivity index (χ0) is 23.5. The smallest absolute Gasteiger partial charge is 0.0577 e. The molecule has 0 saturated heterocycles. The van der Waals surface area contributed by atoms with Crippen molar-refractivity contribution in [2.24, 2.45) is 46.3 Å². The van der Waals surface area contributed by atoms with Gasteiger partial charge in [-0.25, -0.2) is 0 Å². The lowest BCUT2D eigenvalue weighted by atomic mass is 9.46. The third-order valence-corrected chi connectivity index (χ3v) is 14.4. The number of fused-ring (bicyclic) bond motifs is 5. The van der Waals surface area contributed by atoms with E-state index in [4.69, 9.17) is 0 Å². The molecule has 0 bridgehead atoms. The Morgan fingerprint density at radius 2 is 1.75 bits per heavy atom. The minimum atomic E-state index is -1.36. The zero-order valence-electron chi connectivity index (χ0n) is 22.7. The fourth-order valence-corrected chi connectivity index (χ4v) is 13.2. The Morgan fingerprint density at radius 1 is 1.03 bits per heavy atom. The normalized spacial score (nSPS) is 45.1. The minimum Gasteiger partial charge on any atom is -0.393 e. The van der Waals surface area contributed by atoms with Crippen molar-refractivity contribution >= 4 is 8.07 Å². The molecule has 3 fully saturated rings. The summed E-state index contributed by atoms with van der Waals surface area (Å²) in [4.78, 5) is 0. The maximum absolute atomic E-state index is 10.8. The minimum absolute atomic E-state index is 0.0981. The van der Waals surface area contributed by atoms with Crippen LogP contribution < -0.4 is 0 Å². The Hall–Kier alpha value is -0.0831. The van der Waals surface area contributed by atoms with Gasteiger partial charge in [-0.1, -0.05) is 85.2 Å². The van der Waals surface area contributed by atoms with Crippen LogP contribution in [-0.4, -0.2) is 19.3 Å². The van der Waals surface area contributed by atoms with E-state index in [2.05, 4.69) is 60.3 Å². The topological polar surface area (TPSA) is 20.2 Å². The zero-order valence-corrected chi connectivity index (χ0v) is 23.7. The van der Waals surface area contributed by atoms with Crippen LogP contribution in [0.1, 0.15) is 98.8 Å². The van der Waals surface area contributed by atoms with Crippen LogP contribution in [0.15, 0.2) is 11.6 Å². The van der Waals surface area contributed by atoms with Gasteiger partial charge in [0.2, 0.25) is 0 Å². The molecule has 0 amide bonds. The number of rotatable bonds is 6. The molecule has 0 heterocycles. The first kappa shape index (κ1) is 25.0. The second-order valence-corrected chi connectivity index (χ2v) is 20.1. The summed E-state index contributed by atoms with van der Waals surface area (Å²) in [6.07, 6.45) is 16.0. The summed E-state index contributed by atoms with van der Waals surface area (Å²) < 4.78 is 0. The molecule has 4 aliphatic rings. The number of hydrogen-bond acceptors (Lipinski definition) is 1. The molecule has 2 heteroatoms. The van der Waals surface area contributed by atoms with Crippen LogP contribution in [0.4, 0.5) is 0 Å². The molecule has 1 unspecified atom stereocenters. The van der Waals surface area contributed by atoms with Gasteiger partial charge in [0.15, 0.2) is 0 Å². The Bertz CT molecular complexity index is 704. The van der Waals surface area contributed by atoms with Crippen molar-refractivity contribution in [3.8, 4) is 0 Å². The average molecular weight is 459 g/mol. The van der Waals surface area contributed by atoms with E-state index in [0.717, 1.165) is 53.9 Å².